The van der Waals surface area contributed by atoms with Crippen molar-refractivity contribution in [1.82, 2.24) is 10.6 Å². The van der Waals surface area contributed by atoms with Crippen molar-refractivity contribution in [3.05, 3.63) is 34.9 Å². The molecule has 1 atom stereocenters. The van der Waals surface area contributed by atoms with E-state index in [1.54, 1.807) is 0 Å². The summed E-state index contributed by atoms with van der Waals surface area (Å²) in [5.74, 6) is 0.115. The van der Waals surface area contributed by atoms with Crippen molar-refractivity contribution in [2.75, 3.05) is 13.1 Å². The Balaban J connectivity index is 0.00000220. The molecule has 1 unspecified atom stereocenters. The summed E-state index contributed by atoms with van der Waals surface area (Å²) < 4.78 is 0. The van der Waals surface area contributed by atoms with Crippen LogP contribution in [0.15, 0.2) is 24.3 Å². The van der Waals surface area contributed by atoms with Crippen LogP contribution in [0, 0.1) is 0 Å². The maximum absolute atomic E-state index is 12.0. The van der Waals surface area contributed by atoms with Crippen LogP contribution in [0.1, 0.15) is 38.7 Å². The Morgan fingerprint density at radius 3 is 2.76 bits per heavy atom. The molecule has 1 fully saturated rings. The number of amides is 1. The molecular formula is C16H24Cl2N2O. The lowest BCUT2D eigenvalue weighted by atomic mass is 9.84. The van der Waals surface area contributed by atoms with Gasteiger partial charge in [0.05, 0.1) is 0 Å². The van der Waals surface area contributed by atoms with Crippen LogP contribution in [0.4, 0.5) is 0 Å². The van der Waals surface area contributed by atoms with Crippen LogP contribution in [0.5, 0.6) is 0 Å². The van der Waals surface area contributed by atoms with Crippen molar-refractivity contribution < 1.29 is 4.79 Å². The second-order valence-corrected chi connectivity index (χ2v) is 6.55. The number of carbonyl (C=O) groups excluding carboxylic acids is 1. The van der Waals surface area contributed by atoms with Crippen LogP contribution in [-0.4, -0.2) is 25.0 Å². The third-order valence-corrected chi connectivity index (χ3v) is 4.25. The third kappa shape index (κ3) is 5.17. The molecule has 0 saturated carbocycles. The minimum absolute atomic E-state index is 0. The van der Waals surface area contributed by atoms with E-state index in [1.165, 1.54) is 6.42 Å². The third-order valence-electron chi connectivity index (χ3n) is 3.92. The molecule has 1 amide bonds. The topological polar surface area (TPSA) is 41.1 Å². The van der Waals surface area contributed by atoms with E-state index >= 15 is 0 Å². The molecule has 1 aromatic carbocycles. The SMILES string of the molecule is CC(C)(CNC(=O)CC1CCCN1)c1ccccc1Cl.Cl. The van der Waals surface area contributed by atoms with Crippen LogP contribution < -0.4 is 10.6 Å². The van der Waals surface area contributed by atoms with Crippen LogP contribution in [0.25, 0.3) is 0 Å². The number of benzene rings is 1. The number of halogens is 2. The summed E-state index contributed by atoms with van der Waals surface area (Å²) in [6.45, 7) is 5.83. The Hall–Kier alpha value is -0.770. The van der Waals surface area contributed by atoms with Crippen LogP contribution in [0.3, 0.4) is 0 Å². The number of nitrogens with one attached hydrogen (secondary N) is 2. The molecule has 0 aromatic heterocycles. The van der Waals surface area contributed by atoms with Gasteiger partial charge in [0, 0.05) is 29.4 Å². The summed E-state index contributed by atoms with van der Waals surface area (Å²) in [6, 6.07) is 8.16. The fraction of sp³-hybridized carbons (Fsp3) is 0.562. The summed E-state index contributed by atoms with van der Waals surface area (Å²) in [5.41, 5.74) is 0.901. The Morgan fingerprint density at radius 2 is 2.14 bits per heavy atom. The van der Waals surface area contributed by atoms with Crippen LogP contribution >= 0.6 is 24.0 Å². The molecule has 5 heteroatoms. The molecule has 2 N–H and O–H groups in total. The molecule has 2 rings (SSSR count). The predicted octanol–water partition coefficient (Wildman–Crippen LogP) is 3.30. The molecule has 1 aliphatic rings. The molecule has 3 nitrogen and oxygen atoms in total. The fourth-order valence-electron chi connectivity index (χ4n) is 2.65. The van der Waals surface area contributed by atoms with Gasteiger partial charge in [-0.1, -0.05) is 43.6 Å². The first-order valence-corrected chi connectivity index (χ1v) is 7.62. The summed E-state index contributed by atoms with van der Waals surface area (Å²) in [4.78, 5) is 12.0. The zero-order valence-corrected chi connectivity index (χ0v) is 14.2. The van der Waals surface area contributed by atoms with E-state index in [0.29, 0.717) is 19.0 Å². The zero-order valence-electron chi connectivity index (χ0n) is 12.6. The highest BCUT2D eigenvalue weighted by Gasteiger charge is 2.24. The first-order valence-electron chi connectivity index (χ1n) is 7.24. The Morgan fingerprint density at radius 1 is 1.43 bits per heavy atom. The Bertz CT molecular complexity index is 471. The van der Waals surface area contributed by atoms with Gasteiger partial charge in [0.2, 0.25) is 5.91 Å². The summed E-state index contributed by atoms with van der Waals surface area (Å²) >= 11 is 6.24. The first kappa shape index (κ1) is 18.3. The Kier molecular flexibility index (Phi) is 6.98. The van der Waals surface area contributed by atoms with E-state index < -0.39 is 0 Å². The maximum atomic E-state index is 12.0. The second-order valence-electron chi connectivity index (χ2n) is 6.14. The van der Waals surface area contributed by atoms with Crippen molar-refractivity contribution in [1.29, 1.82) is 0 Å². The minimum Gasteiger partial charge on any atom is -0.355 e. The van der Waals surface area contributed by atoms with E-state index in [0.717, 1.165) is 23.6 Å². The molecule has 0 radical (unpaired) electrons. The van der Waals surface area contributed by atoms with Gasteiger partial charge in [-0.15, -0.1) is 12.4 Å². The number of carbonyl (C=O) groups is 1. The van der Waals surface area contributed by atoms with Gasteiger partial charge >= 0.3 is 0 Å². The van der Waals surface area contributed by atoms with Crippen LogP contribution in [0.2, 0.25) is 5.02 Å². The number of hydrogen-bond donors (Lipinski definition) is 2. The molecule has 118 valence electrons. The van der Waals surface area contributed by atoms with Crippen molar-refractivity contribution in [2.24, 2.45) is 0 Å². The average molecular weight is 331 g/mol. The van der Waals surface area contributed by atoms with Crippen LogP contribution in [-0.2, 0) is 10.2 Å². The van der Waals surface area contributed by atoms with Gasteiger partial charge in [-0.2, -0.15) is 0 Å². The molecule has 0 bridgehead atoms. The highest BCUT2D eigenvalue weighted by Crippen LogP contribution is 2.29. The maximum Gasteiger partial charge on any atom is 0.221 e. The average Bonchev–Trinajstić information content (AvgIpc) is 2.90. The summed E-state index contributed by atoms with van der Waals surface area (Å²) in [7, 11) is 0. The van der Waals surface area contributed by atoms with E-state index in [9.17, 15) is 4.79 Å². The lowest BCUT2D eigenvalue weighted by Crippen LogP contribution is -2.39. The van der Waals surface area contributed by atoms with Gasteiger partial charge in [-0.3, -0.25) is 4.79 Å². The molecular weight excluding hydrogens is 307 g/mol. The normalized spacial score (nSPS) is 18.1. The second kappa shape index (κ2) is 8.02. The number of rotatable bonds is 5. The highest BCUT2D eigenvalue weighted by molar-refractivity contribution is 6.31. The van der Waals surface area contributed by atoms with Gasteiger partial charge in [0.15, 0.2) is 0 Å². The van der Waals surface area contributed by atoms with Crippen molar-refractivity contribution in [3.63, 3.8) is 0 Å². The smallest absolute Gasteiger partial charge is 0.221 e. The van der Waals surface area contributed by atoms with Gasteiger partial charge < -0.3 is 10.6 Å². The standard InChI is InChI=1S/C16H23ClN2O.ClH/c1-16(2,13-7-3-4-8-14(13)17)11-19-15(20)10-12-6-5-9-18-12;/h3-4,7-8,12,18H,5-6,9-11H2,1-2H3,(H,19,20);1H. The summed E-state index contributed by atoms with van der Waals surface area (Å²) in [6.07, 6.45) is 2.84. The monoisotopic (exact) mass is 330 g/mol. The molecule has 1 aliphatic heterocycles. The van der Waals surface area contributed by atoms with E-state index in [2.05, 4.69) is 24.5 Å². The van der Waals surface area contributed by atoms with Crippen molar-refractivity contribution >= 4 is 29.9 Å². The Labute approximate surface area is 138 Å². The first-order chi connectivity index (χ1) is 9.49. The molecule has 1 aromatic rings. The zero-order chi connectivity index (χ0) is 14.6. The van der Waals surface area contributed by atoms with Gasteiger partial charge in [-0.25, -0.2) is 0 Å². The summed E-state index contributed by atoms with van der Waals surface area (Å²) in [5, 5.41) is 7.14. The van der Waals surface area contributed by atoms with E-state index in [1.807, 2.05) is 24.3 Å². The predicted molar refractivity (Wildman–Crippen MR) is 90.4 cm³/mol. The van der Waals surface area contributed by atoms with Crippen molar-refractivity contribution in [2.45, 2.75) is 44.6 Å². The highest BCUT2D eigenvalue weighted by atomic mass is 35.5. The number of hydrogen-bond acceptors (Lipinski definition) is 2. The molecule has 21 heavy (non-hydrogen) atoms. The quantitative estimate of drug-likeness (QED) is 0.869. The molecule has 0 spiro atoms. The van der Waals surface area contributed by atoms with E-state index in [4.69, 9.17) is 11.6 Å². The molecule has 0 aliphatic carbocycles. The lowest BCUT2D eigenvalue weighted by Gasteiger charge is -2.27. The largest absolute Gasteiger partial charge is 0.355 e. The molecule has 1 saturated heterocycles. The van der Waals surface area contributed by atoms with Gasteiger partial charge in [-0.05, 0) is 31.0 Å². The lowest BCUT2D eigenvalue weighted by molar-refractivity contribution is -0.121. The molecule has 1 heterocycles. The minimum atomic E-state index is -0.170. The van der Waals surface area contributed by atoms with Gasteiger partial charge in [0.1, 0.15) is 0 Å². The van der Waals surface area contributed by atoms with E-state index in [-0.39, 0.29) is 23.7 Å². The fourth-order valence-corrected chi connectivity index (χ4v) is 3.04. The van der Waals surface area contributed by atoms with Crippen molar-refractivity contribution in [3.8, 4) is 0 Å². The van der Waals surface area contributed by atoms with Gasteiger partial charge in [0.25, 0.3) is 0 Å².